The van der Waals surface area contributed by atoms with Gasteiger partial charge in [-0.05, 0) is 36.8 Å². The molecule has 7 nitrogen and oxygen atoms in total. The van der Waals surface area contributed by atoms with Gasteiger partial charge in [-0.3, -0.25) is 4.79 Å². The second-order valence-electron chi connectivity index (χ2n) is 6.58. The highest BCUT2D eigenvalue weighted by Gasteiger charge is 2.39. The van der Waals surface area contributed by atoms with Gasteiger partial charge in [-0.15, -0.1) is 0 Å². The Morgan fingerprint density at radius 1 is 1.24 bits per heavy atom. The Hall–Kier alpha value is -2.66. The van der Waals surface area contributed by atoms with Crippen LogP contribution in [0.1, 0.15) is 18.2 Å². The molecule has 1 aromatic heterocycles. The van der Waals surface area contributed by atoms with Crippen LogP contribution in [0.2, 0.25) is 0 Å². The molecule has 1 fully saturated rings. The Balaban J connectivity index is 1.67. The SMILES string of the molecule is CC(=O)Nc1ccc(S(=O)(=O)N2CC(Oc3cccc(C(F)(F)F)n3)C2)c(C)c1. The Morgan fingerprint density at radius 3 is 2.52 bits per heavy atom. The fourth-order valence-electron chi connectivity index (χ4n) is 2.84. The van der Waals surface area contributed by atoms with E-state index in [1.807, 2.05) is 0 Å². The maximum absolute atomic E-state index is 12.8. The van der Waals surface area contributed by atoms with Crippen LogP contribution in [0.15, 0.2) is 41.3 Å². The number of aromatic nitrogens is 1. The van der Waals surface area contributed by atoms with E-state index in [2.05, 4.69) is 10.3 Å². The normalized spacial score (nSPS) is 15.6. The van der Waals surface area contributed by atoms with Crippen molar-refractivity contribution in [2.24, 2.45) is 0 Å². The molecular weight excluding hydrogens is 411 g/mol. The number of carbonyl (C=O) groups excluding carboxylic acids is 1. The lowest BCUT2D eigenvalue weighted by molar-refractivity contribution is -0.141. The summed E-state index contributed by atoms with van der Waals surface area (Å²) in [6, 6.07) is 7.74. The Labute approximate surface area is 165 Å². The van der Waals surface area contributed by atoms with E-state index >= 15 is 0 Å². The van der Waals surface area contributed by atoms with E-state index in [4.69, 9.17) is 4.74 Å². The summed E-state index contributed by atoms with van der Waals surface area (Å²) in [7, 11) is -3.79. The number of anilines is 1. The molecule has 0 saturated carbocycles. The van der Waals surface area contributed by atoms with Crippen LogP contribution >= 0.6 is 0 Å². The van der Waals surface area contributed by atoms with E-state index in [0.29, 0.717) is 11.3 Å². The summed E-state index contributed by atoms with van der Waals surface area (Å²) < 4.78 is 70.2. The van der Waals surface area contributed by atoms with Crippen LogP contribution < -0.4 is 10.1 Å². The van der Waals surface area contributed by atoms with Crippen molar-refractivity contribution in [2.75, 3.05) is 18.4 Å². The van der Waals surface area contributed by atoms with E-state index in [9.17, 15) is 26.4 Å². The van der Waals surface area contributed by atoms with Gasteiger partial charge in [0.15, 0.2) is 0 Å². The summed E-state index contributed by atoms with van der Waals surface area (Å²) >= 11 is 0. The quantitative estimate of drug-likeness (QED) is 0.790. The van der Waals surface area contributed by atoms with Gasteiger partial charge in [0.25, 0.3) is 0 Å². The van der Waals surface area contributed by atoms with Crippen molar-refractivity contribution in [2.45, 2.75) is 31.0 Å². The number of ether oxygens (including phenoxy) is 1. The van der Waals surface area contributed by atoms with Gasteiger partial charge in [-0.1, -0.05) is 6.07 Å². The largest absolute Gasteiger partial charge is 0.472 e. The first-order valence-corrected chi connectivity index (χ1v) is 10.00. The minimum Gasteiger partial charge on any atom is -0.472 e. The van der Waals surface area contributed by atoms with Crippen LogP contribution in [0, 0.1) is 6.92 Å². The first kappa shape index (κ1) is 21.1. The summed E-state index contributed by atoms with van der Waals surface area (Å²) in [5, 5.41) is 2.58. The Morgan fingerprint density at radius 2 is 1.93 bits per heavy atom. The molecule has 11 heteroatoms. The molecule has 3 rings (SSSR count). The summed E-state index contributed by atoms with van der Waals surface area (Å²) in [4.78, 5) is 14.6. The molecule has 156 valence electrons. The molecule has 1 amide bonds. The molecule has 0 spiro atoms. The van der Waals surface area contributed by atoms with Crippen molar-refractivity contribution in [3.63, 3.8) is 0 Å². The zero-order valence-electron chi connectivity index (χ0n) is 15.5. The first-order valence-electron chi connectivity index (χ1n) is 8.56. The number of sulfonamides is 1. The van der Waals surface area contributed by atoms with Gasteiger partial charge >= 0.3 is 6.18 Å². The number of nitrogens with zero attached hydrogens (tertiary/aromatic N) is 2. The summed E-state index contributed by atoms with van der Waals surface area (Å²) in [6.45, 7) is 2.94. The predicted molar refractivity (Wildman–Crippen MR) is 97.9 cm³/mol. The average Bonchev–Trinajstić information content (AvgIpc) is 2.56. The van der Waals surface area contributed by atoms with Crippen molar-refractivity contribution < 1.29 is 31.1 Å². The van der Waals surface area contributed by atoms with Gasteiger partial charge in [0.1, 0.15) is 11.8 Å². The van der Waals surface area contributed by atoms with E-state index < -0.39 is 28.0 Å². The van der Waals surface area contributed by atoms with Crippen LogP contribution in [-0.2, 0) is 21.0 Å². The molecule has 1 aliphatic heterocycles. The number of hydrogen-bond donors (Lipinski definition) is 1. The predicted octanol–water partition coefficient (Wildman–Crippen LogP) is 2.82. The van der Waals surface area contributed by atoms with Gasteiger partial charge in [0, 0.05) is 18.7 Å². The number of alkyl halides is 3. The molecule has 2 aromatic rings. The fraction of sp³-hybridized carbons (Fsp3) is 0.333. The van der Waals surface area contributed by atoms with Crippen molar-refractivity contribution in [3.8, 4) is 5.88 Å². The molecule has 2 heterocycles. The molecule has 0 bridgehead atoms. The molecule has 0 radical (unpaired) electrons. The van der Waals surface area contributed by atoms with E-state index in [1.165, 1.54) is 35.5 Å². The number of amides is 1. The second kappa shape index (κ2) is 7.64. The fourth-order valence-corrected chi connectivity index (χ4v) is 4.55. The Kier molecular flexibility index (Phi) is 5.54. The van der Waals surface area contributed by atoms with Gasteiger partial charge in [-0.25, -0.2) is 13.4 Å². The molecule has 1 aromatic carbocycles. The third-order valence-corrected chi connectivity index (χ3v) is 6.22. The van der Waals surface area contributed by atoms with Crippen molar-refractivity contribution >= 4 is 21.6 Å². The molecule has 1 aliphatic rings. The number of nitrogens with one attached hydrogen (secondary N) is 1. The van der Waals surface area contributed by atoms with Gasteiger partial charge < -0.3 is 10.1 Å². The highest BCUT2D eigenvalue weighted by molar-refractivity contribution is 7.89. The highest BCUT2D eigenvalue weighted by atomic mass is 32.2. The monoisotopic (exact) mass is 429 g/mol. The molecule has 0 aliphatic carbocycles. The van der Waals surface area contributed by atoms with Crippen LogP contribution in [0.3, 0.4) is 0 Å². The molecule has 1 N–H and O–H groups in total. The number of benzene rings is 1. The summed E-state index contributed by atoms with van der Waals surface area (Å²) in [5.41, 5.74) is -0.136. The topological polar surface area (TPSA) is 88.6 Å². The lowest BCUT2D eigenvalue weighted by Gasteiger charge is -2.37. The van der Waals surface area contributed by atoms with E-state index in [1.54, 1.807) is 13.0 Å². The van der Waals surface area contributed by atoms with Gasteiger partial charge in [0.05, 0.1) is 18.0 Å². The number of rotatable bonds is 5. The third-order valence-electron chi connectivity index (χ3n) is 4.23. The van der Waals surface area contributed by atoms with Crippen LogP contribution in [0.4, 0.5) is 18.9 Å². The lowest BCUT2D eigenvalue weighted by Crippen LogP contribution is -2.56. The number of pyridine rings is 1. The average molecular weight is 429 g/mol. The van der Waals surface area contributed by atoms with E-state index in [0.717, 1.165) is 6.07 Å². The van der Waals surface area contributed by atoms with Crippen LogP contribution in [-0.4, -0.2) is 42.8 Å². The molecule has 1 saturated heterocycles. The number of halogens is 3. The maximum atomic E-state index is 12.8. The van der Waals surface area contributed by atoms with Crippen molar-refractivity contribution in [1.82, 2.24) is 9.29 Å². The molecule has 0 atom stereocenters. The van der Waals surface area contributed by atoms with Crippen LogP contribution in [0.25, 0.3) is 0 Å². The number of aryl methyl sites for hydroxylation is 1. The lowest BCUT2D eigenvalue weighted by atomic mass is 10.2. The zero-order valence-corrected chi connectivity index (χ0v) is 16.3. The molecule has 0 unspecified atom stereocenters. The zero-order chi connectivity index (χ0) is 21.4. The first-order chi connectivity index (χ1) is 13.5. The van der Waals surface area contributed by atoms with Gasteiger partial charge in [-0.2, -0.15) is 17.5 Å². The summed E-state index contributed by atoms with van der Waals surface area (Å²) in [5.74, 6) is -0.483. The Bertz CT molecular complexity index is 1030. The minimum atomic E-state index is -4.59. The number of hydrogen-bond acceptors (Lipinski definition) is 5. The van der Waals surface area contributed by atoms with Crippen LogP contribution in [0.5, 0.6) is 5.88 Å². The summed E-state index contributed by atoms with van der Waals surface area (Å²) in [6.07, 6.45) is -5.19. The second-order valence-corrected chi connectivity index (χ2v) is 8.49. The van der Waals surface area contributed by atoms with Gasteiger partial charge in [0.2, 0.25) is 21.8 Å². The minimum absolute atomic E-state index is 0.00680. The molecular formula is C18H18F3N3O4S. The standard InChI is InChI=1S/C18H18F3N3O4S/c1-11-8-13(22-12(2)25)6-7-15(11)29(26,27)24-9-14(10-24)28-17-5-3-4-16(23-17)18(19,20)21/h3-8,14H,9-10H2,1-2H3,(H,22,25). The molecule has 29 heavy (non-hydrogen) atoms. The highest BCUT2D eigenvalue weighted by Crippen LogP contribution is 2.30. The van der Waals surface area contributed by atoms with Crippen molar-refractivity contribution in [1.29, 1.82) is 0 Å². The van der Waals surface area contributed by atoms with Crippen molar-refractivity contribution in [3.05, 3.63) is 47.7 Å². The smallest absolute Gasteiger partial charge is 0.433 e. The third kappa shape index (κ3) is 4.67. The number of carbonyl (C=O) groups is 1. The maximum Gasteiger partial charge on any atom is 0.433 e. The van der Waals surface area contributed by atoms with E-state index in [-0.39, 0.29) is 29.8 Å².